The highest BCUT2D eigenvalue weighted by atomic mass is 16.5. The van der Waals surface area contributed by atoms with Crippen molar-refractivity contribution in [2.75, 3.05) is 25.1 Å². The number of carbonyl (C=O) groups is 1. The number of aromatic nitrogens is 3. The highest BCUT2D eigenvalue weighted by molar-refractivity contribution is 5.88. The van der Waals surface area contributed by atoms with E-state index in [1.54, 1.807) is 11.8 Å². The lowest BCUT2D eigenvalue weighted by Crippen LogP contribution is -2.42. The number of aliphatic imine (C=N–C) groups is 1. The standard InChI is InChI=1S/C13H13N3O.C11H16N2O.CH3NO/c1-16-8-9(7-15-16)10-3-4-12(17-2)11-5-6-14-13(10)11;1-11(14)5-8-13(9-6-11)10-4-2-3-7-12-10;2-1-3/h3-4,6-8H,5H2,1-2H3;2-4,7,14H,5-6,8-9H2,1H3;1H,(H2,2,3). The molecule has 0 atom stereocenters. The van der Waals surface area contributed by atoms with Gasteiger partial charge in [-0.3, -0.25) is 14.5 Å². The summed E-state index contributed by atoms with van der Waals surface area (Å²) in [5.74, 6) is 1.92. The zero-order chi connectivity index (χ0) is 24.6. The second-order valence-corrected chi connectivity index (χ2v) is 8.37. The van der Waals surface area contributed by atoms with E-state index in [9.17, 15) is 5.11 Å². The molecular weight excluding hydrogens is 432 g/mol. The van der Waals surface area contributed by atoms with Crippen LogP contribution in [0.3, 0.4) is 0 Å². The topological polar surface area (TPSA) is 119 Å². The van der Waals surface area contributed by atoms with Gasteiger partial charge in [0.2, 0.25) is 6.41 Å². The van der Waals surface area contributed by atoms with Crippen molar-refractivity contribution in [3.63, 3.8) is 0 Å². The minimum atomic E-state index is -0.481. The second kappa shape index (κ2) is 11.4. The summed E-state index contributed by atoms with van der Waals surface area (Å²) in [6, 6.07) is 9.96. The molecule has 0 aliphatic carbocycles. The van der Waals surface area contributed by atoms with E-state index in [0.717, 1.165) is 66.3 Å². The highest BCUT2D eigenvalue weighted by Crippen LogP contribution is 2.40. The van der Waals surface area contributed by atoms with E-state index >= 15 is 0 Å². The molecular formula is C25H32N6O3. The molecule has 2 aliphatic rings. The number of fused-ring (bicyclic) bond motifs is 1. The Balaban J connectivity index is 0.000000174. The molecule has 0 bridgehead atoms. The third-order valence-corrected chi connectivity index (χ3v) is 5.81. The van der Waals surface area contributed by atoms with E-state index in [-0.39, 0.29) is 6.41 Å². The molecule has 1 fully saturated rings. The summed E-state index contributed by atoms with van der Waals surface area (Å²) >= 11 is 0. The van der Waals surface area contributed by atoms with Gasteiger partial charge in [-0.1, -0.05) is 6.07 Å². The summed E-state index contributed by atoms with van der Waals surface area (Å²) in [7, 11) is 3.61. The molecule has 0 saturated carbocycles. The second-order valence-electron chi connectivity index (χ2n) is 8.37. The number of hydrogen-bond donors (Lipinski definition) is 2. The SMILES string of the molecule is CC1(O)CCN(c2ccccn2)CC1.COc1ccc(-c2cnn(C)c2)c2c1CC=N2.NC=O. The zero-order valence-corrected chi connectivity index (χ0v) is 19.9. The summed E-state index contributed by atoms with van der Waals surface area (Å²) in [6.07, 6.45) is 10.3. The molecule has 3 aromatic rings. The van der Waals surface area contributed by atoms with Gasteiger partial charge in [0.1, 0.15) is 11.6 Å². The van der Waals surface area contributed by atoms with Gasteiger partial charge >= 0.3 is 0 Å². The number of amides is 1. The van der Waals surface area contributed by atoms with Crippen molar-refractivity contribution in [3.05, 3.63) is 54.5 Å². The molecule has 1 amide bonds. The Bertz CT molecular complexity index is 1100. The molecule has 0 radical (unpaired) electrons. The number of nitrogens with two attached hydrogens (primary N) is 1. The van der Waals surface area contributed by atoms with Crippen molar-refractivity contribution < 1.29 is 14.6 Å². The zero-order valence-electron chi connectivity index (χ0n) is 19.9. The van der Waals surface area contributed by atoms with Crippen molar-refractivity contribution in [2.24, 2.45) is 17.8 Å². The van der Waals surface area contributed by atoms with Crippen LogP contribution in [0.1, 0.15) is 25.3 Å². The van der Waals surface area contributed by atoms with E-state index in [1.807, 2.05) is 69.1 Å². The Labute approximate surface area is 199 Å². The van der Waals surface area contributed by atoms with Crippen LogP contribution in [0.5, 0.6) is 5.75 Å². The lowest BCUT2D eigenvalue weighted by atomic mass is 9.94. The molecule has 34 heavy (non-hydrogen) atoms. The summed E-state index contributed by atoms with van der Waals surface area (Å²) in [4.78, 5) is 19.5. The molecule has 3 N–H and O–H groups in total. The number of hydrogen-bond acceptors (Lipinski definition) is 7. The Morgan fingerprint density at radius 3 is 2.53 bits per heavy atom. The Hall–Kier alpha value is -3.72. The summed E-state index contributed by atoms with van der Waals surface area (Å²) in [5, 5.41) is 14.0. The van der Waals surface area contributed by atoms with Crippen LogP contribution in [0.4, 0.5) is 11.5 Å². The number of pyridine rings is 1. The Morgan fingerprint density at radius 2 is 1.94 bits per heavy atom. The third kappa shape index (κ3) is 6.20. The van der Waals surface area contributed by atoms with Crippen LogP contribution >= 0.6 is 0 Å². The van der Waals surface area contributed by atoms with Crippen molar-refractivity contribution >= 4 is 24.1 Å². The first kappa shape index (κ1) is 24.9. The van der Waals surface area contributed by atoms with Crippen LogP contribution < -0.4 is 15.4 Å². The van der Waals surface area contributed by atoms with Crippen molar-refractivity contribution in [3.8, 4) is 16.9 Å². The molecule has 0 spiro atoms. The first-order chi connectivity index (χ1) is 16.4. The fraction of sp³-hybridized carbons (Fsp3) is 0.360. The lowest BCUT2D eigenvalue weighted by molar-refractivity contribution is -0.106. The van der Waals surface area contributed by atoms with E-state index in [4.69, 9.17) is 9.53 Å². The highest BCUT2D eigenvalue weighted by Gasteiger charge is 2.27. The summed E-state index contributed by atoms with van der Waals surface area (Å²) in [5.41, 5.74) is 8.06. The van der Waals surface area contributed by atoms with Gasteiger partial charge in [-0.2, -0.15) is 5.10 Å². The van der Waals surface area contributed by atoms with Crippen LogP contribution in [0.2, 0.25) is 0 Å². The van der Waals surface area contributed by atoms with Gasteiger partial charge in [0.05, 0.1) is 24.6 Å². The fourth-order valence-electron chi connectivity index (χ4n) is 3.93. The van der Waals surface area contributed by atoms with Crippen molar-refractivity contribution in [1.82, 2.24) is 14.8 Å². The Morgan fingerprint density at radius 1 is 1.21 bits per heavy atom. The smallest absolute Gasteiger partial charge is 0.204 e. The minimum absolute atomic E-state index is 0.250. The monoisotopic (exact) mass is 464 g/mol. The summed E-state index contributed by atoms with van der Waals surface area (Å²) < 4.78 is 7.15. The van der Waals surface area contributed by atoms with E-state index in [2.05, 4.69) is 25.7 Å². The molecule has 180 valence electrons. The molecule has 0 unspecified atom stereocenters. The largest absolute Gasteiger partial charge is 0.496 e. The molecule has 1 aromatic carbocycles. The van der Waals surface area contributed by atoms with Gasteiger partial charge in [0, 0.05) is 61.9 Å². The molecule has 5 rings (SSSR count). The average Bonchev–Trinajstić information content (AvgIpc) is 3.49. The van der Waals surface area contributed by atoms with Crippen molar-refractivity contribution in [2.45, 2.75) is 31.8 Å². The van der Waals surface area contributed by atoms with Crippen LogP contribution in [0.15, 0.2) is 53.9 Å². The number of aryl methyl sites for hydroxylation is 1. The maximum Gasteiger partial charge on any atom is 0.204 e. The predicted octanol–water partition coefficient (Wildman–Crippen LogP) is 2.89. The van der Waals surface area contributed by atoms with E-state index < -0.39 is 5.60 Å². The fourth-order valence-corrected chi connectivity index (χ4v) is 3.93. The molecule has 2 aliphatic heterocycles. The molecule has 1 saturated heterocycles. The quantitative estimate of drug-likeness (QED) is 0.576. The number of ether oxygens (including phenoxy) is 1. The number of benzene rings is 1. The number of anilines is 1. The molecule has 9 nitrogen and oxygen atoms in total. The number of primary amides is 1. The number of rotatable bonds is 3. The van der Waals surface area contributed by atoms with Crippen LogP contribution in [0.25, 0.3) is 11.1 Å². The molecule has 4 heterocycles. The van der Waals surface area contributed by atoms with E-state index in [0.29, 0.717) is 0 Å². The van der Waals surface area contributed by atoms with Gasteiger partial charge in [-0.15, -0.1) is 0 Å². The minimum Gasteiger partial charge on any atom is -0.496 e. The number of aliphatic hydroxyl groups is 1. The Kier molecular flexibility index (Phi) is 8.37. The predicted molar refractivity (Wildman–Crippen MR) is 134 cm³/mol. The van der Waals surface area contributed by atoms with Gasteiger partial charge < -0.3 is 20.5 Å². The maximum absolute atomic E-state index is 9.79. The number of methoxy groups -OCH3 is 1. The molecule has 9 heteroatoms. The normalized spacial score (nSPS) is 15.4. The lowest BCUT2D eigenvalue weighted by Gasteiger charge is -2.36. The first-order valence-corrected chi connectivity index (χ1v) is 11.1. The van der Waals surface area contributed by atoms with Gasteiger partial charge in [-0.25, -0.2) is 4.98 Å². The molecule has 2 aromatic heterocycles. The van der Waals surface area contributed by atoms with E-state index in [1.165, 1.54) is 0 Å². The van der Waals surface area contributed by atoms with Crippen LogP contribution in [0, 0.1) is 0 Å². The van der Waals surface area contributed by atoms with Gasteiger partial charge in [-0.05, 0) is 44.0 Å². The average molecular weight is 465 g/mol. The van der Waals surface area contributed by atoms with Gasteiger partial charge in [0.15, 0.2) is 0 Å². The number of nitrogens with zero attached hydrogens (tertiary/aromatic N) is 5. The van der Waals surface area contributed by atoms with Crippen LogP contribution in [-0.4, -0.2) is 58.3 Å². The summed E-state index contributed by atoms with van der Waals surface area (Å²) in [6.45, 7) is 3.69. The first-order valence-electron chi connectivity index (χ1n) is 11.1. The van der Waals surface area contributed by atoms with Gasteiger partial charge in [0.25, 0.3) is 0 Å². The van der Waals surface area contributed by atoms with Crippen molar-refractivity contribution in [1.29, 1.82) is 0 Å². The third-order valence-electron chi connectivity index (χ3n) is 5.81. The number of piperidine rings is 1. The number of carbonyl (C=O) groups excluding carboxylic acids is 1. The van der Waals surface area contributed by atoms with Crippen LogP contribution in [-0.2, 0) is 18.3 Å². The maximum atomic E-state index is 9.79.